The Kier molecular flexibility index (Phi) is 6.73. The Bertz CT molecular complexity index is 432. The van der Waals surface area contributed by atoms with Gasteiger partial charge in [0.05, 0.1) is 0 Å². The predicted octanol–water partition coefficient (Wildman–Crippen LogP) is 4.75. The first-order chi connectivity index (χ1) is 9.99. The summed E-state index contributed by atoms with van der Waals surface area (Å²) in [5, 5.41) is 5.99. The van der Waals surface area contributed by atoms with Crippen molar-refractivity contribution in [2.75, 3.05) is 13.1 Å². The molecular weight excluding hydrogens is 344 g/mol. The lowest BCUT2D eigenvalue weighted by atomic mass is 9.93. The van der Waals surface area contributed by atoms with Gasteiger partial charge in [-0.3, -0.25) is 4.90 Å². The van der Waals surface area contributed by atoms with Crippen molar-refractivity contribution in [3.05, 3.63) is 20.8 Å². The summed E-state index contributed by atoms with van der Waals surface area (Å²) in [5.74, 6) is 1.51. The summed E-state index contributed by atoms with van der Waals surface area (Å²) < 4.78 is 1.22. The highest BCUT2D eigenvalue weighted by Crippen LogP contribution is 2.26. The molecule has 0 radical (unpaired) electrons. The molecule has 0 saturated carbocycles. The van der Waals surface area contributed by atoms with Crippen LogP contribution in [0, 0.1) is 11.8 Å². The number of hydrogen-bond acceptors (Lipinski definition) is 3. The lowest BCUT2D eigenvalue weighted by Gasteiger charge is -2.43. The molecule has 0 aliphatic carbocycles. The average Bonchev–Trinajstić information content (AvgIpc) is 2.84. The first kappa shape index (κ1) is 17.5. The highest BCUT2D eigenvalue weighted by molar-refractivity contribution is 9.10. The fraction of sp³-hybridized carbons (Fsp3) is 0.765. The van der Waals surface area contributed by atoms with Crippen molar-refractivity contribution >= 4 is 27.3 Å². The van der Waals surface area contributed by atoms with Crippen LogP contribution < -0.4 is 5.32 Å². The van der Waals surface area contributed by atoms with Crippen LogP contribution in [0.1, 0.15) is 45.4 Å². The van der Waals surface area contributed by atoms with Crippen LogP contribution in [-0.2, 0) is 6.54 Å². The Balaban J connectivity index is 2.04. The summed E-state index contributed by atoms with van der Waals surface area (Å²) in [4.78, 5) is 4.19. The van der Waals surface area contributed by atoms with E-state index in [1.807, 2.05) is 11.3 Å². The van der Waals surface area contributed by atoms with Crippen LogP contribution in [0.3, 0.4) is 0 Å². The second-order valence-electron chi connectivity index (χ2n) is 6.84. The highest BCUT2D eigenvalue weighted by atomic mass is 79.9. The minimum Gasteiger partial charge on any atom is -0.311 e. The van der Waals surface area contributed by atoms with Crippen molar-refractivity contribution in [3.8, 4) is 0 Å². The van der Waals surface area contributed by atoms with Crippen molar-refractivity contribution in [2.24, 2.45) is 11.8 Å². The molecule has 2 heterocycles. The molecule has 4 heteroatoms. The second kappa shape index (κ2) is 8.09. The zero-order valence-electron chi connectivity index (χ0n) is 13.7. The first-order valence-corrected chi connectivity index (χ1v) is 9.87. The number of thiophene rings is 1. The fourth-order valence-corrected chi connectivity index (χ4v) is 4.63. The lowest BCUT2D eigenvalue weighted by molar-refractivity contribution is 0.0899. The van der Waals surface area contributed by atoms with Crippen molar-refractivity contribution in [1.29, 1.82) is 0 Å². The molecule has 1 aliphatic heterocycles. The lowest BCUT2D eigenvalue weighted by Crippen LogP contribution is -2.58. The Labute approximate surface area is 142 Å². The topological polar surface area (TPSA) is 15.3 Å². The maximum absolute atomic E-state index is 3.80. The molecule has 2 rings (SSSR count). The van der Waals surface area contributed by atoms with Gasteiger partial charge in [0, 0.05) is 46.4 Å². The molecule has 0 aromatic carbocycles. The van der Waals surface area contributed by atoms with Gasteiger partial charge in [-0.1, -0.05) is 34.1 Å². The molecule has 1 aromatic rings. The molecule has 2 nitrogen and oxygen atoms in total. The summed E-state index contributed by atoms with van der Waals surface area (Å²) in [7, 11) is 0. The van der Waals surface area contributed by atoms with Crippen LogP contribution in [0.5, 0.6) is 0 Å². The summed E-state index contributed by atoms with van der Waals surface area (Å²) in [6.07, 6.45) is 2.54. The SMILES string of the molecule is CCC(C)C1CN(Cc2cc(Br)cs2)C(CC(C)C)CN1. The van der Waals surface area contributed by atoms with Gasteiger partial charge in [0.1, 0.15) is 0 Å². The Morgan fingerprint density at radius 1 is 1.43 bits per heavy atom. The van der Waals surface area contributed by atoms with E-state index < -0.39 is 0 Å². The standard InChI is InChI=1S/C17H29BrN2S/c1-5-13(4)17-10-20(9-16-7-14(18)11-21-16)15(8-19-17)6-12(2)3/h7,11-13,15,17,19H,5-6,8-10H2,1-4H3. The van der Waals surface area contributed by atoms with E-state index in [4.69, 9.17) is 0 Å². The molecule has 0 bridgehead atoms. The zero-order chi connectivity index (χ0) is 15.4. The average molecular weight is 373 g/mol. The molecular formula is C17H29BrN2S. The van der Waals surface area contributed by atoms with Gasteiger partial charge in [-0.2, -0.15) is 0 Å². The third kappa shape index (κ3) is 5.05. The summed E-state index contributed by atoms with van der Waals surface area (Å²) in [5.41, 5.74) is 0. The van der Waals surface area contributed by atoms with Crippen LogP contribution in [0.2, 0.25) is 0 Å². The van der Waals surface area contributed by atoms with E-state index in [0.717, 1.165) is 24.9 Å². The van der Waals surface area contributed by atoms with E-state index >= 15 is 0 Å². The number of rotatable bonds is 6. The smallest absolute Gasteiger partial charge is 0.0332 e. The Morgan fingerprint density at radius 3 is 2.76 bits per heavy atom. The number of halogens is 1. The Morgan fingerprint density at radius 2 is 2.19 bits per heavy atom. The normalized spacial score (nSPS) is 25.4. The van der Waals surface area contributed by atoms with Gasteiger partial charge in [-0.15, -0.1) is 11.3 Å². The molecule has 1 N–H and O–H groups in total. The van der Waals surface area contributed by atoms with Crippen molar-refractivity contribution in [1.82, 2.24) is 10.2 Å². The van der Waals surface area contributed by atoms with Crippen molar-refractivity contribution < 1.29 is 0 Å². The van der Waals surface area contributed by atoms with Gasteiger partial charge >= 0.3 is 0 Å². The molecule has 21 heavy (non-hydrogen) atoms. The van der Waals surface area contributed by atoms with Crippen LogP contribution in [0.15, 0.2) is 15.9 Å². The van der Waals surface area contributed by atoms with E-state index in [2.05, 4.69) is 65.3 Å². The maximum atomic E-state index is 3.80. The van der Waals surface area contributed by atoms with E-state index in [1.54, 1.807) is 0 Å². The molecule has 1 aliphatic rings. The van der Waals surface area contributed by atoms with E-state index in [9.17, 15) is 0 Å². The fourth-order valence-electron chi connectivity index (χ4n) is 3.16. The van der Waals surface area contributed by atoms with Crippen LogP contribution in [0.4, 0.5) is 0 Å². The van der Waals surface area contributed by atoms with Gasteiger partial charge in [-0.25, -0.2) is 0 Å². The number of nitrogens with zero attached hydrogens (tertiary/aromatic N) is 1. The van der Waals surface area contributed by atoms with E-state index in [-0.39, 0.29) is 0 Å². The van der Waals surface area contributed by atoms with Gasteiger partial charge < -0.3 is 5.32 Å². The maximum Gasteiger partial charge on any atom is 0.0332 e. The summed E-state index contributed by atoms with van der Waals surface area (Å²) >= 11 is 5.45. The van der Waals surface area contributed by atoms with Crippen LogP contribution >= 0.6 is 27.3 Å². The quantitative estimate of drug-likeness (QED) is 0.775. The van der Waals surface area contributed by atoms with Crippen molar-refractivity contribution in [2.45, 2.75) is 59.2 Å². The van der Waals surface area contributed by atoms with Gasteiger partial charge in [0.2, 0.25) is 0 Å². The monoisotopic (exact) mass is 372 g/mol. The number of nitrogens with one attached hydrogen (secondary N) is 1. The molecule has 120 valence electrons. The summed E-state index contributed by atoms with van der Waals surface area (Å²) in [6.45, 7) is 12.8. The van der Waals surface area contributed by atoms with Gasteiger partial charge in [-0.05, 0) is 40.3 Å². The number of piperazine rings is 1. The van der Waals surface area contributed by atoms with E-state index in [0.29, 0.717) is 12.1 Å². The van der Waals surface area contributed by atoms with Gasteiger partial charge in [0.25, 0.3) is 0 Å². The molecule has 1 saturated heterocycles. The molecule has 1 fully saturated rings. The Hall–Kier alpha value is 0.1000. The number of hydrogen-bond donors (Lipinski definition) is 1. The molecule has 3 unspecified atom stereocenters. The van der Waals surface area contributed by atoms with Crippen molar-refractivity contribution in [3.63, 3.8) is 0 Å². The van der Waals surface area contributed by atoms with Crippen LogP contribution in [-0.4, -0.2) is 30.1 Å². The summed E-state index contributed by atoms with van der Waals surface area (Å²) in [6, 6.07) is 3.59. The molecule has 1 aromatic heterocycles. The third-order valence-electron chi connectivity index (χ3n) is 4.62. The minimum atomic E-state index is 0.641. The van der Waals surface area contributed by atoms with Gasteiger partial charge in [0.15, 0.2) is 0 Å². The molecule has 3 atom stereocenters. The first-order valence-electron chi connectivity index (χ1n) is 8.20. The second-order valence-corrected chi connectivity index (χ2v) is 8.76. The highest BCUT2D eigenvalue weighted by Gasteiger charge is 2.30. The molecule has 0 amide bonds. The molecule has 0 spiro atoms. The minimum absolute atomic E-state index is 0.641. The van der Waals surface area contributed by atoms with Crippen LogP contribution in [0.25, 0.3) is 0 Å². The predicted molar refractivity (Wildman–Crippen MR) is 96.9 cm³/mol. The largest absolute Gasteiger partial charge is 0.311 e. The third-order valence-corrected chi connectivity index (χ3v) is 6.30. The van der Waals surface area contributed by atoms with E-state index in [1.165, 1.54) is 28.7 Å². The zero-order valence-corrected chi connectivity index (χ0v) is 16.1.